The number of hydrogen-bond donors (Lipinski definition) is 0. The summed E-state index contributed by atoms with van der Waals surface area (Å²) in [7, 11) is 0. The van der Waals surface area contributed by atoms with Crippen LogP contribution in [0.1, 0.15) is 16.7 Å². The maximum atomic E-state index is 5.07. The molecule has 12 heteroatoms. The second kappa shape index (κ2) is 21.3. The molecule has 0 unspecified atom stereocenters. The molecule has 372 valence electrons. The average molecular weight is 1010 g/mol. The third kappa shape index (κ3) is 10.2. The van der Waals surface area contributed by atoms with Crippen LogP contribution in [0.5, 0.6) is 0 Å². The third-order valence-corrected chi connectivity index (χ3v) is 13.8. The summed E-state index contributed by atoms with van der Waals surface area (Å²) in [6.45, 7) is 1.44. The summed E-state index contributed by atoms with van der Waals surface area (Å²) in [6, 6.07) is 93.8. The highest BCUT2D eigenvalue weighted by Crippen LogP contribution is 2.35. The van der Waals surface area contributed by atoms with Crippen LogP contribution in [0.3, 0.4) is 0 Å². The van der Waals surface area contributed by atoms with Gasteiger partial charge < -0.3 is 0 Å². The number of azo groups is 6. The largest absolute Gasteiger partial charge is 0.269 e. The van der Waals surface area contributed by atoms with Gasteiger partial charge in [0.25, 0.3) is 20.0 Å². The van der Waals surface area contributed by atoms with Gasteiger partial charge in [-0.3, -0.25) is 0 Å². The zero-order valence-corrected chi connectivity index (χ0v) is 42.5. The van der Waals surface area contributed by atoms with Crippen LogP contribution in [-0.4, -0.2) is 51.6 Å². The van der Waals surface area contributed by atoms with Crippen molar-refractivity contribution < 1.29 is 14.1 Å². The molecule has 3 aliphatic rings. The van der Waals surface area contributed by atoms with Gasteiger partial charge in [0.2, 0.25) is 34.6 Å². The molecule has 10 aromatic carbocycles. The predicted octanol–water partition coefficient (Wildman–Crippen LogP) is 15.5. The van der Waals surface area contributed by atoms with Crippen molar-refractivity contribution in [3.63, 3.8) is 0 Å². The highest BCUT2D eigenvalue weighted by Gasteiger charge is 2.29. The van der Waals surface area contributed by atoms with Crippen LogP contribution in [0.25, 0.3) is 33.4 Å². The summed E-state index contributed by atoms with van der Waals surface area (Å²) in [4.78, 5) is 0. The average Bonchev–Trinajstić information content (AvgIpc) is 3.55. The number of hydrogen-bond acceptors (Lipinski definition) is 9. The quantitative estimate of drug-likeness (QED) is 0.114. The Kier molecular flexibility index (Phi) is 12.9. The molecule has 0 saturated carbocycles. The number of amidine groups is 3. The minimum Gasteiger partial charge on any atom is -0.201 e. The first kappa shape index (κ1) is 47.1. The van der Waals surface area contributed by atoms with Gasteiger partial charge in [-0.2, -0.15) is 0 Å². The molecule has 10 aromatic rings. The second-order valence-corrected chi connectivity index (χ2v) is 18.9. The van der Waals surface area contributed by atoms with E-state index in [2.05, 4.69) is 164 Å². The normalized spacial score (nSPS) is 14.4. The Hall–Kier alpha value is -10.6. The Morgan fingerprint density at radius 1 is 0.231 bits per heavy atom. The lowest BCUT2D eigenvalue weighted by atomic mass is 9.92. The van der Waals surface area contributed by atoms with Crippen LogP contribution in [-0.2, 0) is 0 Å². The topological polar surface area (TPSA) is 92.9 Å². The number of rotatable bonds is 12. The molecule has 0 bridgehead atoms. The van der Waals surface area contributed by atoms with Gasteiger partial charge in [0.1, 0.15) is 0 Å². The Morgan fingerprint density at radius 3 is 0.692 bits per heavy atom. The number of nitrogens with zero attached hydrogens (tertiary/aromatic N) is 12. The van der Waals surface area contributed by atoms with Crippen molar-refractivity contribution in [2.24, 2.45) is 30.6 Å². The fourth-order valence-electron chi connectivity index (χ4n) is 9.66. The summed E-state index contributed by atoms with van der Waals surface area (Å²) in [5, 5.41) is 36.4. The van der Waals surface area contributed by atoms with E-state index in [-0.39, 0.29) is 0 Å². The smallest absolute Gasteiger partial charge is 0.201 e. The number of hydrazone groups is 3. The zero-order chi connectivity index (χ0) is 52.0. The van der Waals surface area contributed by atoms with Crippen LogP contribution in [0.2, 0.25) is 0 Å². The molecule has 3 aliphatic heterocycles. The Bertz CT molecular complexity index is 3510. The zero-order valence-electron chi connectivity index (χ0n) is 42.5. The lowest BCUT2D eigenvalue weighted by molar-refractivity contribution is -0.508. The van der Waals surface area contributed by atoms with Crippen molar-refractivity contribution in [2.45, 2.75) is 0 Å². The van der Waals surface area contributed by atoms with Crippen molar-refractivity contribution in [1.29, 1.82) is 0 Å². The fourth-order valence-corrected chi connectivity index (χ4v) is 9.66. The van der Waals surface area contributed by atoms with E-state index < -0.39 is 0 Å². The number of benzene rings is 10. The maximum Gasteiger partial charge on any atom is 0.269 e. The summed E-state index contributed by atoms with van der Waals surface area (Å²) in [5.74, 6) is 1.86. The van der Waals surface area contributed by atoms with E-state index in [9.17, 15) is 0 Å². The van der Waals surface area contributed by atoms with Gasteiger partial charge >= 0.3 is 0 Å². The van der Waals surface area contributed by atoms with Crippen molar-refractivity contribution >= 4 is 51.6 Å². The minimum atomic E-state index is 0.482. The van der Waals surface area contributed by atoms with Gasteiger partial charge in [0, 0.05) is 68.4 Å². The van der Waals surface area contributed by atoms with E-state index >= 15 is 0 Å². The highest BCUT2D eigenvalue weighted by molar-refractivity contribution is 6.02. The molecule has 78 heavy (non-hydrogen) atoms. The van der Waals surface area contributed by atoms with E-state index in [1.54, 1.807) is 0 Å². The summed E-state index contributed by atoms with van der Waals surface area (Å²) in [6.07, 6.45) is 0. The van der Waals surface area contributed by atoms with Crippen LogP contribution < -0.4 is 15.0 Å². The molecule has 0 radical (unpaired) electrons. The summed E-state index contributed by atoms with van der Waals surface area (Å²) < 4.78 is 5.99. The minimum absolute atomic E-state index is 0.482. The van der Waals surface area contributed by atoms with Gasteiger partial charge in [-0.05, 0) is 88.0 Å². The molecule has 0 fully saturated rings. The number of anilines is 3. The van der Waals surface area contributed by atoms with Crippen LogP contribution in [0, 0.1) is 0 Å². The number of para-hydroxylation sites is 6. The first-order valence-corrected chi connectivity index (χ1v) is 25.9. The van der Waals surface area contributed by atoms with Gasteiger partial charge in [0.15, 0.2) is 0 Å². The fraction of sp³-hybridized carbons (Fsp3) is 0.0455. The van der Waals surface area contributed by atoms with E-state index in [0.717, 1.165) is 84.2 Å². The molecule has 12 nitrogen and oxygen atoms in total. The predicted molar refractivity (Wildman–Crippen MR) is 310 cm³/mol. The molecule has 0 aromatic heterocycles. The third-order valence-electron chi connectivity index (χ3n) is 13.8. The van der Waals surface area contributed by atoms with E-state index in [4.69, 9.17) is 30.6 Å². The van der Waals surface area contributed by atoms with Gasteiger partial charge in [-0.25, -0.2) is 15.0 Å². The van der Waals surface area contributed by atoms with Crippen molar-refractivity contribution in [1.82, 2.24) is 0 Å². The van der Waals surface area contributed by atoms with Crippen LogP contribution in [0.15, 0.2) is 304 Å². The maximum absolute atomic E-state index is 5.07. The molecule has 0 spiro atoms. The molecular weight excluding hydrogens is 961 g/mol. The van der Waals surface area contributed by atoms with Crippen LogP contribution >= 0.6 is 0 Å². The Balaban J connectivity index is 0.871. The van der Waals surface area contributed by atoms with Crippen LogP contribution in [0.4, 0.5) is 34.1 Å². The first-order chi connectivity index (χ1) is 38.6. The molecule has 0 amide bonds. The lowest BCUT2D eigenvalue weighted by Crippen LogP contribution is -2.31. The Morgan fingerprint density at radius 2 is 0.449 bits per heavy atom. The van der Waals surface area contributed by atoms with Gasteiger partial charge in [-0.1, -0.05) is 196 Å². The molecule has 13 rings (SSSR count). The molecular formula is C66H51N12+3. The molecule has 0 saturated heterocycles. The second-order valence-electron chi connectivity index (χ2n) is 18.9. The highest BCUT2D eigenvalue weighted by atomic mass is 15.6. The van der Waals surface area contributed by atoms with E-state index in [1.165, 1.54) is 0 Å². The van der Waals surface area contributed by atoms with Crippen molar-refractivity contribution in [2.75, 3.05) is 35.0 Å². The first-order valence-electron chi connectivity index (χ1n) is 25.9. The van der Waals surface area contributed by atoms with E-state index in [1.807, 2.05) is 138 Å². The molecule has 0 atom stereocenters. The summed E-state index contributed by atoms with van der Waals surface area (Å²) in [5.41, 5.74) is 15.0. The van der Waals surface area contributed by atoms with Gasteiger partial charge in [-0.15, -0.1) is 15.3 Å². The summed E-state index contributed by atoms with van der Waals surface area (Å²) >= 11 is 0. The van der Waals surface area contributed by atoms with Crippen molar-refractivity contribution in [3.05, 3.63) is 290 Å². The molecule has 0 N–H and O–H groups in total. The Labute approximate surface area is 452 Å². The lowest BCUT2D eigenvalue weighted by Gasteiger charge is -2.20. The van der Waals surface area contributed by atoms with Gasteiger partial charge in [0.05, 0.1) is 17.1 Å². The SMILES string of the molecule is c1ccc(N2C[N+](c3ccccc3)=NC(c3ccc(-c4cc(-c5ccc(C6=NN(c7ccccc7)C[N+](c7ccccc7)=N6)cc5)cc(-c5ccc(C6=NN(c7ccccc7)C[N+](c7ccccc7)=N6)cc5)c4)cc3)=N2)cc1. The molecule has 0 aliphatic carbocycles. The van der Waals surface area contributed by atoms with E-state index in [0.29, 0.717) is 37.5 Å². The standard InChI is InChI=1S/C66H51N12/c1-7-19-58(20-8-1)73-46-74(59-21-9-2-10-22-59)68-64(67-73)52-37-31-49(32-38-52)55-43-56(50-33-39-53(40-34-50)65-69-75(60-23-11-3-12-24-60)47-76(70-65)61-25-13-4-14-26-61)45-57(44-55)51-35-41-54(42-36-51)66-71-77(62-27-15-5-16-28-62)48-78(72-66)63-29-17-6-18-30-63/h1-45H,46-48H2/q+3. The monoisotopic (exact) mass is 1010 g/mol. The molecule has 3 heterocycles. The van der Waals surface area contributed by atoms with Crippen molar-refractivity contribution in [3.8, 4) is 33.4 Å².